The molecule has 0 saturated carbocycles. The van der Waals surface area contributed by atoms with Crippen LogP contribution in [-0.4, -0.2) is 60.9 Å². The number of carbonyl (C=O) groups excluding carboxylic acids is 1. The largest absolute Gasteiger partial charge is 0.497 e. The maximum atomic E-state index is 12.7. The van der Waals surface area contributed by atoms with E-state index in [-0.39, 0.29) is 5.91 Å². The van der Waals surface area contributed by atoms with E-state index in [4.69, 9.17) is 9.47 Å². The number of rotatable bonds is 6. The number of piperidine rings is 2. The summed E-state index contributed by atoms with van der Waals surface area (Å²) in [6, 6.07) is 7.91. The highest BCUT2D eigenvalue weighted by atomic mass is 16.5. The van der Waals surface area contributed by atoms with Gasteiger partial charge >= 0.3 is 0 Å². The second-order valence-electron chi connectivity index (χ2n) is 7.94. The van der Waals surface area contributed by atoms with Gasteiger partial charge in [-0.1, -0.05) is 6.42 Å². The molecule has 7 nitrogen and oxygen atoms in total. The van der Waals surface area contributed by atoms with Gasteiger partial charge in [-0.3, -0.25) is 9.89 Å². The smallest absolute Gasteiger partial charge is 0.269 e. The van der Waals surface area contributed by atoms with Gasteiger partial charge in [-0.2, -0.15) is 5.10 Å². The molecule has 2 atom stereocenters. The average molecular weight is 399 g/mol. The molecule has 2 aliphatic rings. The number of amides is 1. The van der Waals surface area contributed by atoms with Crippen molar-refractivity contribution in [1.29, 1.82) is 0 Å². The number of hydrogen-bond acceptors (Lipinski definition) is 5. The van der Waals surface area contributed by atoms with Crippen molar-refractivity contribution in [3.05, 3.63) is 30.0 Å². The van der Waals surface area contributed by atoms with Crippen molar-refractivity contribution < 1.29 is 14.3 Å². The first-order valence-electron chi connectivity index (χ1n) is 10.5. The molecule has 2 unspecified atom stereocenters. The maximum absolute atomic E-state index is 12.7. The number of nitrogens with one attached hydrogen (secondary N) is 2. The summed E-state index contributed by atoms with van der Waals surface area (Å²) >= 11 is 0. The topological polar surface area (TPSA) is 79.5 Å². The number of ether oxygens (including phenoxy) is 2. The Morgan fingerprint density at radius 2 is 2.03 bits per heavy atom. The summed E-state index contributed by atoms with van der Waals surface area (Å²) in [4.78, 5) is 15.3. The Labute approximate surface area is 171 Å². The minimum Gasteiger partial charge on any atom is -0.497 e. The molecule has 0 aliphatic carbocycles. The molecule has 2 aliphatic heterocycles. The average Bonchev–Trinajstić information content (AvgIpc) is 3.27. The van der Waals surface area contributed by atoms with Crippen LogP contribution in [0.15, 0.2) is 24.3 Å². The minimum atomic E-state index is -0.112. The molecule has 29 heavy (non-hydrogen) atoms. The molecule has 3 heterocycles. The van der Waals surface area contributed by atoms with E-state index in [1.165, 1.54) is 45.2 Å². The van der Waals surface area contributed by atoms with E-state index >= 15 is 0 Å². The van der Waals surface area contributed by atoms with Crippen LogP contribution in [0.5, 0.6) is 11.5 Å². The molecule has 0 spiro atoms. The molecule has 4 rings (SSSR count). The van der Waals surface area contributed by atoms with Gasteiger partial charge in [0.2, 0.25) is 0 Å². The molecule has 2 N–H and O–H groups in total. The Balaban J connectivity index is 1.42. The van der Waals surface area contributed by atoms with Crippen LogP contribution in [0.1, 0.15) is 42.6 Å². The standard InChI is InChI=1S/C22H30N4O3/c1-28-16-8-9-21(29-2)17(12-16)18-13-19(25-24-18)22(27)23-14-15-6-5-11-26-10-4-3-7-20(15)26/h8-9,12-13,15,20H,3-7,10-11,14H2,1-2H3,(H,23,27)(H,24,25). The van der Waals surface area contributed by atoms with E-state index in [9.17, 15) is 4.79 Å². The number of carbonyl (C=O) groups is 1. The fourth-order valence-electron chi connectivity index (χ4n) is 4.72. The Hall–Kier alpha value is -2.54. The lowest BCUT2D eigenvalue weighted by Crippen LogP contribution is -2.51. The highest BCUT2D eigenvalue weighted by molar-refractivity contribution is 5.93. The molecular weight excluding hydrogens is 368 g/mol. The fraction of sp³-hybridized carbons (Fsp3) is 0.545. The summed E-state index contributed by atoms with van der Waals surface area (Å²) in [7, 11) is 3.23. The number of methoxy groups -OCH3 is 2. The summed E-state index contributed by atoms with van der Waals surface area (Å²) in [5, 5.41) is 10.3. The third kappa shape index (κ3) is 4.24. The number of fused-ring (bicyclic) bond motifs is 1. The molecule has 2 aromatic rings. The normalized spacial score (nSPS) is 22.0. The van der Waals surface area contributed by atoms with Crippen molar-refractivity contribution in [2.24, 2.45) is 5.92 Å². The van der Waals surface area contributed by atoms with E-state index < -0.39 is 0 Å². The molecule has 156 valence electrons. The molecule has 7 heteroatoms. The van der Waals surface area contributed by atoms with Gasteiger partial charge in [0, 0.05) is 18.2 Å². The predicted molar refractivity (Wildman–Crippen MR) is 111 cm³/mol. The number of benzene rings is 1. The van der Waals surface area contributed by atoms with Crippen molar-refractivity contribution in [2.75, 3.05) is 33.9 Å². The fourth-order valence-corrected chi connectivity index (χ4v) is 4.72. The minimum absolute atomic E-state index is 0.112. The number of aromatic amines is 1. The van der Waals surface area contributed by atoms with E-state index in [1.54, 1.807) is 20.3 Å². The van der Waals surface area contributed by atoms with E-state index in [1.807, 2.05) is 18.2 Å². The summed E-state index contributed by atoms with van der Waals surface area (Å²) < 4.78 is 10.7. The highest BCUT2D eigenvalue weighted by Gasteiger charge is 2.33. The molecular formula is C22H30N4O3. The van der Waals surface area contributed by atoms with Crippen molar-refractivity contribution in [2.45, 2.75) is 38.1 Å². The SMILES string of the molecule is COc1ccc(OC)c(-c2cc(C(=O)NCC3CCCN4CCCCC34)[nH]n2)c1. The zero-order chi connectivity index (χ0) is 20.2. The molecule has 0 radical (unpaired) electrons. The molecule has 1 aromatic carbocycles. The molecule has 0 bridgehead atoms. The van der Waals surface area contributed by atoms with Crippen LogP contribution >= 0.6 is 0 Å². The Morgan fingerprint density at radius 3 is 2.86 bits per heavy atom. The second kappa shape index (κ2) is 8.86. The van der Waals surface area contributed by atoms with Gasteiger partial charge in [0.1, 0.15) is 17.2 Å². The van der Waals surface area contributed by atoms with E-state index in [2.05, 4.69) is 20.4 Å². The van der Waals surface area contributed by atoms with Gasteiger partial charge in [0.25, 0.3) is 5.91 Å². The Bertz CT molecular complexity index is 848. The monoisotopic (exact) mass is 398 g/mol. The van der Waals surface area contributed by atoms with Gasteiger partial charge < -0.3 is 19.7 Å². The van der Waals surface area contributed by atoms with Crippen LogP contribution in [0.4, 0.5) is 0 Å². The van der Waals surface area contributed by atoms with Gasteiger partial charge in [-0.05, 0) is 69.0 Å². The first kappa shape index (κ1) is 19.8. The van der Waals surface area contributed by atoms with Crippen molar-refractivity contribution in [1.82, 2.24) is 20.4 Å². The molecule has 2 fully saturated rings. The third-order valence-corrected chi connectivity index (χ3v) is 6.26. The van der Waals surface area contributed by atoms with E-state index in [0.29, 0.717) is 34.8 Å². The first-order chi connectivity index (χ1) is 14.2. The predicted octanol–water partition coefficient (Wildman–Crippen LogP) is 3.09. The van der Waals surface area contributed by atoms with Gasteiger partial charge in [0.05, 0.1) is 19.9 Å². The van der Waals surface area contributed by atoms with Crippen molar-refractivity contribution >= 4 is 5.91 Å². The summed E-state index contributed by atoms with van der Waals surface area (Å²) in [5.41, 5.74) is 1.90. The van der Waals surface area contributed by atoms with Gasteiger partial charge in [0.15, 0.2) is 0 Å². The highest BCUT2D eigenvalue weighted by Crippen LogP contribution is 2.33. The molecule has 1 amide bonds. The van der Waals surface area contributed by atoms with Crippen LogP contribution < -0.4 is 14.8 Å². The summed E-state index contributed by atoms with van der Waals surface area (Å²) in [5.74, 6) is 1.82. The number of nitrogens with zero attached hydrogens (tertiary/aromatic N) is 2. The summed E-state index contributed by atoms with van der Waals surface area (Å²) in [6.45, 7) is 3.14. The summed E-state index contributed by atoms with van der Waals surface area (Å²) in [6.07, 6.45) is 6.28. The van der Waals surface area contributed by atoms with Gasteiger partial charge in [-0.15, -0.1) is 0 Å². The number of aromatic nitrogens is 2. The maximum Gasteiger partial charge on any atom is 0.269 e. The zero-order valence-electron chi connectivity index (χ0n) is 17.2. The van der Waals surface area contributed by atoms with Crippen LogP contribution in [-0.2, 0) is 0 Å². The lowest BCUT2D eigenvalue weighted by atomic mass is 9.83. The molecule has 2 saturated heterocycles. The van der Waals surface area contributed by atoms with Crippen LogP contribution in [0.3, 0.4) is 0 Å². The lowest BCUT2D eigenvalue weighted by Gasteiger charge is -2.44. The van der Waals surface area contributed by atoms with Crippen molar-refractivity contribution in [3.63, 3.8) is 0 Å². The third-order valence-electron chi connectivity index (χ3n) is 6.26. The van der Waals surface area contributed by atoms with Crippen LogP contribution in [0.25, 0.3) is 11.3 Å². The Morgan fingerprint density at radius 1 is 1.17 bits per heavy atom. The van der Waals surface area contributed by atoms with Gasteiger partial charge in [-0.25, -0.2) is 0 Å². The zero-order valence-corrected chi connectivity index (χ0v) is 17.2. The number of hydrogen-bond donors (Lipinski definition) is 2. The first-order valence-corrected chi connectivity index (χ1v) is 10.5. The quantitative estimate of drug-likeness (QED) is 0.782. The lowest BCUT2D eigenvalue weighted by molar-refractivity contribution is 0.0575. The van der Waals surface area contributed by atoms with Crippen LogP contribution in [0.2, 0.25) is 0 Å². The van der Waals surface area contributed by atoms with Crippen molar-refractivity contribution in [3.8, 4) is 22.8 Å². The molecule has 1 aromatic heterocycles. The van der Waals surface area contributed by atoms with Crippen LogP contribution in [0, 0.1) is 5.92 Å². The van der Waals surface area contributed by atoms with E-state index in [0.717, 1.165) is 12.1 Å². The number of H-pyrrole nitrogens is 1. The Kier molecular flexibility index (Phi) is 6.04. The second-order valence-corrected chi connectivity index (χ2v) is 7.94.